The molecule has 0 bridgehead atoms. The first kappa shape index (κ1) is 12.9. The maximum atomic E-state index is 12.5. The molecule has 16 heavy (non-hydrogen) atoms. The molecule has 1 unspecified atom stereocenters. The predicted molar refractivity (Wildman–Crippen MR) is 49.1 cm³/mol. The number of hydrogen-bond acceptors (Lipinski definition) is 2. The molecule has 0 fully saturated rings. The number of pyridine rings is 1. The first-order chi connectivity index (χ1) is 7.38. The third-order valence-corrected chi connectivity index (χ3v) is 2.03. The summed E-state index contributed by atoms with van der Waals surface area (Å²) in [5.41, 5.74) is 0.184. The lowest BCUT2D eigenvalue weighted by molar-refractivity contribution is -0.136. The van der Waals surface area contributed by atoms with Crippen LogP contribution in [0, 0.1) is 5.82 Å². The zero-order valence-corrected chi connectivity index (χ0v) is 8.34. The number of alkyl halides is 3. The second kappa shape index (κ2) is 5.25. The Morgan fingerprint density at radius 2 is 2.00 bits per heavy atom. The lowest BCUT2D eigenvalue weighted by Crippen LogP contribution is -2.08. The predicted octanol–water partition coefficient (Wildman–Crippen LogP) is 2.99. The van der Waals surface area contributed by atoms with Crippen molar-refractivity contribution in [2.45, 2.75) is 31.5 Å². The standard InChI is InChI=1S/C10H11F4NO/c11-7-3-4-8(15-6-7)9(16)2-1-5-10(12,13)14/h3-4,6,9,16H,1-2,5H2. The van der Waals surface area contributed by atoms with Gasteiger partial charge in [0.05, 0.1) is 18.0 Å². The van der Waals surface area contributed by atoms with Gasteiger partial charge in [-0.2, -0.15) is 13.2 Å². The average molecular weight is 237 g/mol. The maximum absolute atomic E-state index is 12.5. The molecule has 0 aliphatic carbocycles. The van der Waals surface area contributed by atoms with E-state index in [1.165, 1.54) is 6.07 Å². The Hall–Kier alpha value is -1.17. The molecular weight excluding hydrogens is 226 g/mol. The minimum Gasteiger partial charge on any atom is -0.387 e. The minimum atomic E-state index is -4.21. The Morgan fingerprint density at radius 3 is 2.50 bits per heavy atom. The van der Waals surface area contributed by atoms with E-state index >= 15 is 0 Å². The number of aliphatic hydroxyl groups excluding tert-OH is 1. The van der Waals surface area contributed by atoms with E-state index in [2.05, 4.69) is 4.98 Å². The molecule has 0 aliphatic heterocycles. The molecule has 1 heterocycles. The van der Waals surface area contributed by atoms with E-state index in [-0.39, 0.29) is 18.5 Å². The molecule has 0 aromatic carbocycles. The van der Waals surface area contributed by atoms with Crippen molar-refractivity contribution in [2.75, 3.05) is 0 Å². The van der Waals surface area contributed by atoms with Crippen LogP contribution in [-0.4, -0.2) is 16.3 Å². The van der Waals surface area contributed by atoms with Crippen molar-refractivity contribution in [2.24, 2.45) is 0 Å². The molecule has 1 rings (SSSR count). The molecule has 2 nitrogen and oxygen atoms in total. The van der Waals surface area contributed by atoms with Crippen molar-refractivity contribution in [3.63, 3.8) is 0 Å². The van der Waals surface area contributed by atoms with Crippen LogP contribution in [-0.2, 0) is 0 Å². The molecule has 0 aliphatic rings. The largest absolute Gasteiger partial charge is 0.389 e. The fourth-order valence-electron chi connectivity index (χ4n) is 1.23. The highest BCUT2D eigenvalue weighted by Crippen LogP contribution is 2.25. The summed E-state index contributed by atoms with van der Waals surface area (Å²) in [4.78, 5) is 3.59. The smallest absolute Gasteiger partial charge is 0.387 e. The van der Waals surface area contributed by atoms with Gasteiger partial charge >= 0.3 is 6.18 Å². The second-order valence-electron chi connectivity index (χ2n) is 3.42. The van der Waals surface area contributed by atoms with Gasteiger partial charge in [-0.1, -0.05) is 0 Å². The van der Waals surface area contributed by atoms with E-state index in [9.17, 15) is 22.7 Å². The lowest BCUT2D eigenvalue weighted by atomic mass is 10.1. The van der Waals surface area contributed by atoms with Crippen LogP contribution in [0.4, 0.5) is 17.6 Å². The Balaban J connectivity index is 2.41. The van der Waals surface area contributed by atoms with Crippen molar-refractivity contribution in [3.8, 4) is 0 Å². The maximum Gasteiger partial charge on any atom is 0.389 e. The van der Waals surface area contributed by atoms with Crippen LogP contribution in [0.2, 0.25) is 0 Å². The third kappa shape index (κ3) is 4.57. The van der Waals surface area contributed by atoms with Crippen molar-refractivity contribution in [1.82, 2.24) is 4.98 Å². The molecule has 6 heteroatoms. The number of aliphatic hydroxyl groups is 1. The molecule has 0 saturated heterocycles. The van der Waals surface area contributed by atoms with Crippen LogP contribution in [0.15, 0.2) is 18.3 Å². The Morgan fingerprint density at radius 1 is 1.31 bits per heavy atom. The molecular formula is C10H11F4NO. The van der Waals surface area contributed by atoms with Gasteiger partial charge < -0.3 is 5.11 Å². The van der Waals surface area contributed by atoms with E-state index in [1.54, 1.807) is 0 Å². The fraction of sp³-hybridized carbons (Fsp3) is 0.500. The van der Waals surface area contributed by atoms with Crippen LogP contribution in [0.5, 0.6) is 0 Å². The first-order valence-electron chi connectivity index (χ1n) is 4.75. The molecule has 90 valence electrons. The topological polar surface area (TPSA) is 33.1 Å². The molecule has 1 aromatic heterocycles. The Bertz CT molecular complexity index is 323. The summed E-state index contributed by atoms with van der Waals surface area (Å²) in [5.74, 6) is -0.550. The van der Waals surface area contributed by atoms with Gasteiger partial charge in [0, 0.05) is 6.42 Å². The first-order valence-corrected chi connectivity index (χ1v) is 4.75. The monoisotopic (exact) mass is 237 g/mol. The van der Waals surface area contributed by atoms with Crippen molar-refractivity contribution >= 4 is 0 Å². The van der Waals surface area contributed by atoms with Gasteiger partial charge in [-0.25, -0.2) is 4.39 Å². The van der Waals surface area contributed by atoms with E-state index in [0.29, 0.717) is 0 Å². The number of hydrogen-bond donors (Lipinski definition) is 1. The summed E-state index contributed by atoms with van der Waals surface area (Å²) in [6.07, 6.45) is -5.53. The van der Waals surface area contributed by atoms with E-state index in [4.69, 9.17) is 0 Å². The highest BCUT2D eigenvalue weighted by Gasteiger charge is 2.26. The van der Waals surface area contributed by atoms with Gasteiger partial charge in [-0.05, 0) is 25.0 Å². The Kier molecular flexibility index (Phi) is 4.23. The zero-order chi connectivity index (χ0) is 12.2. The van der Waals surface area contributed by atoms with Gasteiger partial charge in [0.15, 0.2) is 0 Å². The number of halogens is 4. The molecule has 1 atom stereocenters. The van der Waals surface area contributed by atoms with Crippen LogP contribution >= 0.6 is 0 Å². The van der Waals surface area contributed by atoms with E-state index in [1.807, 2.05) is 0 Å². The summed E-state index contributed by atoms with van der Waals surface area (Å²) in [6, 6.07) is 2.36. The van der Waals surface area contributed by atoms with Gasteiger partial charge in [0.25, 0.3) is 0 Å². The second-order valence-corrected chi connectivity index (χ2v) is 3.42. The summed E-state index contributed by atoms with van der Waals surface area (Å²) in [5, 5.41) is 9.46. The molecule has 1 aromatic rings. The highest BCUT2D eigenvalue weighted by molar-refractivity contribution is 5.07. The van der Waals surface area contributed by atoms with Crippen LogP contribution in [0.1, 0.15) is 31.1 Å². The number of rotatable bonds is 4. The molecule has 0 amide bonds. The molecule has 0 saturated carbocycles. The van der Waals surface area contributed by atoms with Crippen LogP contribution in [0.3, 0.4) is 0 Å². The van der Waals surface area contributed by atoms with Gasteiger partial charge in [-0.15, -0.1) is 0 Å². The zero-order valence-electron chi connectivity index (χ0n) is 8.34. The molecule has 1 N–H and O–H groups in total. The summed E-state index contributed by atoms with van der Waals surface area (Å²) < 4.78 is 47.9. The van der Waals surface area contributed by atoms with Crippen LogP contribution < -0.4 is 0 Å². The molecule has 0 radical (unpaired) electrons. The average Bonchev–Trinajstić information content (AvgIpc) is 2.16. The van der Waals surface area contributed by atoms with E-state index < -0.39 is 24.5 Å². The highest BCUT2D eigenvalue weighted by atomic mass is 19.4. The fourth-order valence-corrected chi connectivity index (χ4v) is 1.23. The number of aromatic nitrogens is 1. The normalized spacial score (nSPS) is 13.8. The van der Waals surface area contributed by atoms with Gasteiger partial charge in [0.1, 0.15) is 5.82 Å². The Labute approximate surface area is 89.9 Å². The summed E-state index contributed by atoms with van der Waals surface area (Å²) in [6.45, 7) is 0. The third-order valence-electron chi connectivity index (χ3n) is 2.03. The number of nitrogens with zero attached hydrogens (tertiary/aromatic N) is 1. The van der Waals surface area contributed by atoms with Crippen molar-refractivity contribution < 1.29 is 22.7 Å². The minimum absolute atomic E-state index is 0.0435. The van der Waals surface area contributed by atoms with Crippen molar-refractivity contribution in [1.29, 1.82) is 0 Å². The quantitative estimate of drug-likeness (QED) is 0.816. The lowest BCUT2D eigenvalue weighted by Gasteiger charge is -2.10. The summed E-state index contributed by atoms with van der Waals surface area (Å²) >= 11 is 0. The van der Waals surface area contributed by atoms with Gasteiger partial charge in [0.2, 0.25) is 0 Å². The van der Waals surface area contributed by atoms with Crippen LogP contribution in [0.25, 0.3) is 0 Å². The van der Waals surface area contributed by atoms with Crippen molar-refractivity contribution in [3.05, 3.63) is 29.8 Å². The van der Waals surface area contributed by atoms with E-state index in [0.717, 1.165) is 12.3 Å². The summed E-state index contributed by atoms with van der Waals surface area (Å²) in [7, 11) is 0. The molecule has 0 spiro atoms. The SMILES string of the molecule is OC(CCCC(F)(F)F)c1ccc(F)cn1. The van der Waals surface area contributed by atoms with Gasteiger partial charge in [-0.3, -0.25) is 4.98 Å².